The Balaban J connectivity index is 2.35. The van der Waals surface area contributed by atoms with Gasteiger partial charge in [0.05, 0.1) is 17.3 Å². The number of aliphatic imine (C=N–C) groups is 1. The van der Waals surface area contributed by atoms with Crippen molar-refractivity contribution in [1.29, 1.82) is 5.26 Å². The number of nitrogens with zero attached hydrogens (tertiary/aromatic N) is 2. The van der Waals surface area contributed by atoms with E-state index in [1.54, 1.807) is 24.3 Å². The molecular weight excluding hydrogens is 360 g/mol. The van der Waals surface area contributed by atoms with E-state index in [-0.39, 0.29) is 6.42 Å². The van der Waals surface area contributed by atoms with Gasteiger partial charge in [-0.25, -0.2) is 4.79 Å². The molecule has 1 N–H and O–H groups in total. The largest absolute Gasteiger partial charge is 0.479 e. The van der Waals surface area contributed by atoms with Crippen LogP contribution in [0.3, 0.4) is 0 Å². The standard InChI is InChI=1S/C25H22N2O2/c1-2-17-25(24(28)29,22-16-10-9-15-21(22)18-26)27-23(19-11-5-3-6-12-19)20-13-7-4-8-14-20/h3-16H,2,17H2,1H3,(H,28,29)/t25-/m1/s1. The molecule has 1 atom stereocenters. The van der Waals surface area contributed by atoms with Gasteiger partial charge in [0.2, 0.25) is 0 Å². The number of benzene rings is 3. The van der Waals surface area contributed by atoms with Gasteiger partial charge in [0.1, 0.15) is 0 Å². The first kappa shape index (κ1) is 20.0. The minimum absolute atomic E-state index is 0.282. The summed E-state index contributed by atoms with van der Waals surface area (Å²) in [6, 6.07) is 28.1. The van der Waals surface area contributed by atoms with Crippen LogP contribution in [0.15, 0.2) is 89.9 Å². The summed E-state index contributed by atoms with van der Waals surface area (Å²) in [6.45, 7) is 1.92. The number of hydrogen-bond acceptors (Lipinski definition) is 3. The first-order valence-corrected chi connectivity index (χ1v) is 9.56. The molecule has 0 heterocycles. The zero-order chi connectivity index (χ0) is 20.7. The predicted molar refractivity (Wildman–Crippen MR) is 114 cm³/mol. The molecule has 0 aromatic heterocycles. The van der Waals surface area contributed by atoms with Crippen LogP contribution in [0.2, 0.25) is 0 Å². The number of rotatable bonds is 7. The van der Waals surface area contributed by atoms with E-state index in [9.17, 15) is 15.2 Å². The van der Waals surface area contributed by atoms with Gasteiger partial charge in [-0.15, -0.1) is 0 Å². The van der Waals surface area contributed by atoms with Crippen molar-refractivity contribution in [3.05, 3.63) is 107 Å². The molecule has 4 heteroatoms. The zero-order valence-corrected chi connectivity index (χ0v) is 16.2. The van der Waals surface area contributed by atoms with E-state index >= 15 is 0 Å². The Morgan fingerprint density at radius 3 is 1.93 bits per heavy atom. The Morgan fingerprint density at radius 2 is 1.45 bits per heavy atom. The summed E-state index contributed by atoms with van der Waals surface area (Å²) in [7, 11) is 0. The summed E-state index contributed by atoms with van der Waals surface area (Å²) in [5.74, 6) is -1.06. The van der Waals surface area contributed by atoms with Crippen LogP contribution in [0.1, 0.15) is 42.0 Å². The highest BCUT2D eigenvalue weighted by molar-refractivity contribution is 6.13. The van der Waals surface area contributed by atoms with E-state index in [0.717, 1.165) is 11.1 Å². The highest BCUT2D eigenvalue weighted by Crippen LogP contribution is 2.35. The molecule has 0 saturated heterocycles. The molecule has 0 radical (unpaired) electrons. The SMILES string of the molecule is CCC[C@](N=C(c1ccccc1)c1ccccc1)(C(=O)O)c1ccccc1C#N. The van der Waals surface area contributed by atoms with Crippen LogP contribution in [0.5, 0.6) is 0 Å². The molecule has 0 saturated carbocycles. The number of carbonyl (C=O) groups is 1. The number of aliphatic carboxylic acids is 1. The lowest BCUT2D eigenvalue weighted by atomic mass is 9.82. The number of nitriles is 1. The lowest BCUT2D eigenvalue weighted by Gasteiger charge is -2.28. The maximum atomic E-state index is 12.7. The molecule has 3 aromatic rings. The van der Waals surface area contributed by atoms with E-state index < -0.39 is 11.5 Å². The Bertz CT molecular complexity index is 1010. The van der Waals surface area contributed by atoms with Gasteiger partial charge < -0.3 is 5.11 Å². The Hall–Kier alpha value is -3.71. The van der Waals surface area contributed by atoms with Crippen LogP contribution < -0.4 is 0 Å². The normalized spacial score (nSPS) is 12.4. The van der Waals surface area contributed by atoms with Crippen molar-refractivity contribution in [3.8, 4) is 6.07 Å². The van der Waals surface area contributed by atoms with Crippen molar-refractivity contribution >= 4 is 11.7 Å². The summed E-state index contributed by atoms with van der Waals surface area (Å²) in [5.41, 5.74) is 1.44. The summed E-state index contributed by atoms with van der Waals surface area (Å²) >= 11 is 0. The maximum Gasteiger partial charge on any atom is 0.336 e. The van der Waals surface area contributed by atoms with Gasteiger partial charge in [-0.05, 0) is 12.5 Å². The van der Waals surface area contributed by atoms with Crippen molar-refractivity contribution in [1.82, 2.24) is 0 Å². The molecule has 0 aliphatic heterocycles. The minimum atomic E-state index is -1.55. The molecule has 0 fully saturated rings. The van der Waals surface area contributed by atoms with Crippen molar-refractivity contribution in [3.63, 3.8) is 0 Å². The molecular formula is C25H22N2O2. The van der Waals surface area contributed by atoms with E-state index in [1.807, 2.05) is 67.6 Å². The fraction of sp³-hybridized carbons (Fsp3) is 0.160. The van der Waals surface area contributed by atoms with Crippen LogP contribution in [0.4, 0.5) is 0 Å². The van der Waals surface area contributed by atoms with E-state index in [2.05, 4.69) is 6.07 Å². The molecule has 0 bridgehead atoms. The lowest BCUT2D eigenvalue weighted by molar-refractivity contribution is -0.143. The molecule has 0 amide bonds. The molecule has 144 valence electrons. The predicted octanol–water partition coefficient (Wildman–Crippen LogP) is 5.18. The van der Waals surface area contributed by atoms with Crippen LogP contribution in [-0.2, 0) is 10.3 Å². The van der Waals surface area contributed by atoms with Gasteiger partial charge in [-0.3, -0.25) is 4.99 Å². The van der Waals surface area contributed by atoms with E-state index in [4.69, 9.17) is 4.99 Å². The Labute approximate surface area is 170 Å². The monoisotopic (exact) mass is 382 g/mol. The number of carboxylic acids is 1. The third-order valence-corrected chi connectivity index (χ3v) is 4.86. The van der Waals surface area contributed by atoms with Gasteiger partial charge in [0.25, 0.3) is 0 Å². The zero-order valence-electron chi connectivity index (χ0n) is 16.2. The van der Waals surface area contributed by atoms with Crippen molar-refractivity contribution in [2.75, 3.05) is 0 Å². The summed E-state index contributed by atoms with van der Waals surface area (Å²) in [5, 5.41) is 20.0. The number of carboxylic acid groups (broad SMARTS) is 1. The van der Waals surface area contributed by atoms with Crippen molar-refractivity contribution < 1.29 is 9.90 Å². The average molecular weight is 382 g/mol. The van der Waals surface area contributed by atoms with Crippen LogP contribution >= 0.6 is 0 Å². The quantitative estimate of drug-likeness (QED) is 0.573. The summed E-state index contributed by atoms with van der Waals surface area (Å²) in [6.07, 6.45) is 0.886. The molecule has 0 unspecified atom stereocenters. The third-order valence-electron chi connectivity index (χ3n) is 4.86. The van der Waals surface area contributed by atoms with Gasteiger partial charge in [-0.2, -0.15) is 5.26 Å². The van der Waals surface area contributed by atoms with E-state index in [0.29, 0.717) is 23.3 Å². The van der Waals surface area contributed by atoms with Gasteiger partial charge in [-0.1, -0.05) is 92.2 Å². The molecule has 3 rings (SSSR count). The summed E-state index contributed by atoms with van der Waals surface area (Å²) < 4.78 is 0. The average Bonchev–Trinajstić information content (AvgIpc) is 2.77. The molecule has 3 aromatic carbocycles. The molecule has 29 heavy (non-hydrogen) atoms. The Kier molecular flexibility index (Phi) is 6.21. The smallest absolute Gasteiger partial charge is 0.336 e. The highest BCUT2D eigenvalue weighted by Gasteiger charge is 2.41. The second-order valence-electron chi connectivity index (χ2n) is 6.77. The van der Waals surface area contributed by atoms with E-state index in [1.165, 1.54) is 0 Å². The maximum absolute atomic E-state index is 12.7. The minimum Gasteiger partial charge on any atom is -0.479 e. The third kappa shape index (κ3) is 4.09. The van der Waals surface area contributed by atoms with Crippen molar-refractivity contribution in [2.24, 2.45) is 4.99 Å². The van der Waals surface area contributed by atoms with Crippen LogP contribution in [0.25, 0.3) is 0 Å². The second kappa shape index (κ2) is 8.99. The molecule has 0 aliphatic rings. The van der Waals surface area contributed by atoms with Gasteiger partial charge >= 0.3 is 5.97 Å². The number of hydrogen-bond donors (Lipinski definition) is 1. The first-order valence-electron chi connectivity index (χ1n) is 9.56. The molecule has 0 spiro atoms. The topological polar surface area (TPSA) is 73.4 Å². The summed E-state index contributed by atoms with van der Waals surface area (Å²) in [4.78, 5) is 17.5. The molecule has 0 aliphatic carbocycles. The lowest BCUT2D eigenvalue weighted by Crippen LogP contribution is -2.36. The first-order chi connectivity index (χ1) is 14.1. The van der Waals surface area contributed by atoms with Gasteiger partial charge in [0.15, 0.2) is 5.54 Å². The fourth-order valence-corrected chi connectivity index (χ4v) is 3.50. The van der Waals surface area contributed by atoms with Crippen LogP contribution in [-0.4, -0.2) is 16.8 Å². The molecule has 4 nitrogen and oxygen atoms in total. The Morgan fingerprint density at radius 1 is 0.931 bits per heavy atom. The highest BCUT2D eigenvalue weighted by atomic mass is 16.4. The second-order valence-corrected chi connectivity index (χ2v) is 6.77. The van der Waals surface area contributed by atoms with Gasteiger partial charge in [0, 0.05) is 16.7 Å². The van der Waals surface area contributed by atoms with Crippen molar-refractivity contribution in [2.45, 2.75) is 25.3 Å². The van der Waals surface area contributed by atoms with Crippen LogP contribution in [0, 0.1) is 11.3 Å². The fourth-order valence-electron chi connectivity index (χ4n) is 3.50.